The molecule has 0 spiro atoms. The van der Waals surface area contributed by atoms with Crippen molar-refractivity contribution in [2.75, 3.05) is 13.2 Å². The number of aryl methyl sites for hydroxylation is 1. The first-order chi connectivity index (χ1) is 14.3. The van der Waals surface area contributed by atoms with Gasteiger partial charge in [0, 0.05) is 16.9 Å². The van der Waals surface area contributed by atoms with Crippen molar-refractivity contribution in [3.05, 3.63) is 65.7 Å². The second-order valence-electron chi connectivity index (χ2n) is 7.13. The van der Waals surface area contributed by atoms with Crippen LogP contribution in [0.1, 0.15) is 36.2 Å². The number of Topliss-reactive ketones (excluding diaryl/α,β-unsaturated/α-hetero) is 1. The molecule has 7 heteroatoms. The predicted molar refractivity (Wildman–Crippen MR) is 111 cm³/mol. The molecule has 0 aromatic heterocycles. The molecule has 1 aliphatic rings. The van der Waals surface area contributed by atoms with E-state index in [2.05, 4.69) is 0 Å². The number of esters is 2. The van der Waals surface area contributed by atoms with E-state index >= 15 is 0 Å². The predicted octanol–water partition coefficient (Wildman–Crippen LogP) is 3.24. The highest BCUT2D eigenvalue weighted by molar-refractivity contribution is 7.88. The summed E-state index contributed by atoms with van der Waals surface area (Å²) in [5.74, 6) is -2.30. The summed E-state index contributed by atoms with van der Waals surface area (Å²) in [5, 5.41) is 0. The highest BCUT2D eigenvalue weighted by Crippen LogP contribution is 2.64. The van der Waals surface area contributed by atoms with Gasteiger partial charge in [-0.25, -0.2) is 0 Å². The summed E-state index contributed by atoms with van der Waals surface area (Å²) in [5.41, 5.74) is -0.715. The van der Waals surface area contributed by atoms with Gasteiger partial charge in [0.2, 0.25) is 0 Å². The fourth-order valence-corrected chi connectivity index (χ4v) is 5.57. The van der Waals surface area contributed by atoms with E-state index in [1.54, 1.807) is 68.4 Å². The third-order valence-electron chi connectivity index (χ3n) is 5.28. The minimum absolute atomic E-state index is 0.0206. The summed E-state index contributed by atoms with van der Waals surface area (Å²) in [4.78, 5) is 39.9. The van der Waals surface area contributed by atoms with Crippen LogP contribution in [0.3, 0.4) is 0 Å². The van der Waals surface area contributed by atoms with Crippen LogP contribution in [-0.2, 0) is 29.9 Å². The summed E-state index contributed by atoms with van der Waals surface area (Å²) in [7, 11) is -1.99. The van der Waals surface area contributed by atoms with Crippen LogP contribution in [0.15, 0.2) is 59.5 Å². The Morgan fingerprint density at radius 1 is 0.900 bits per heavy atom. The Hall–Kier alpha value is -2.80. The Morgan fingerprint density at radius 3 is 1.93 bits per heavy atom. The molecule has 1 fully saturated rings. The molecule has 0 amide bonds. The van der Waals surface area contributed by atoms with Crippen LogP contribution in [0.25, 0.3) is 0 Å². The van der Waals surface area contributed by atoms with Crippen LogP contribution in [0.4, 0.5) is 0 Å². The standard InChI is InChI=1S/C23H24O6S/c1-4-28-20(25)22(21(26)29-5-2)15-23(22,19(24)17-9-7-6-8-10-17)30(27)18-13-11-16(3)12-14-18/h6-14H,4-5,15H2,1-3H3/t23-,30-/m0/s1. The molecule has 0 aliphatic heterocycles. The zero-order chi connectivity index (χ0) is 21.9. The quantitative estimate of drug-likeness (QED) is 0.364. The van der Waals surface area contributed by atoms with Crippen LogP contribution in [0, 0.1) is 12.3 Å². The van der Waals surface area contributed by atoms with Crippen LogP contribution < -0.4 is 0 Å². The average Bonchev–Trinajstić information content (AvgIpc) is 3.47. The third-order valence-corrected chi connectivity index (χ3v) is 7.29. The highest BCUT2D eigenvalue weighted by Gasteiger charge is 2.85. The number of hydrogen-bond acceptors (Lipinski definition) is 6. The lowest BCUT2D eigenvalue weighted by atomic mass is 9.97. The molecule has 0 unspecified atom stereocenters. The number of benzene rings is 2. The van der Waals surface area contributed by atoms with E-state index in [9.17, 15) is 18.6 Å². The Morgan fingerprint density at radius 2 is 1.43 bits per heavy atom. The van der Waals surface area contributed by atoms with Gasteiger partial charge in [0.1, 0.15) is 4.75 Å². The fourth-order valence-electron chi connectivity index (χ4n) is 3.66. The minimum atomic E-state index is -1.99. The van der Waals surface area contributed by atoms with Crippen LogP contribution >= 0.6 is 0 Å². The van der Waals surface area contributed by atoms with Crippen molar-refractivity contribution in [3.8, 4) is 0 Å². The van der Waals surface area contributed by atoms with Crippen LogP contribution in [0.5, 0.6) is 0 Å². The molecule has 0 saturated heterocycles. The topological polar surface area (TPSA) is 86.7 Å². The first-order valence-corrected chi connectivity index (χ1v) is 10.9. The normalized spacial score (nSPS) is 20.1. The summed E-state index contributed by atoms with van der Waals surface area (Å²) in [6.07, 6.45) is -0.230. The number of hydrogen-bond donors (Lipinski definition) is 0. The summed E-state index contributed by atoms with van der Waals surface area (Å²) in [6.45, 7) is 5.14. The van der Waals surface area contributed by atoms with Crippen molar-refractivity contribution < 1.29 is 28.1 Å². The van der Waals surface area contributed by atoms with Crippen molar-refractivity contribution in [2.24, 2.45) is 5.41 Å². The van der Waals surface area contributed by atoms with Gasteiger partial charge in [-0.1, -0.05) is 48.0 Å². The Kier molecular flexibility index (Phi) is 6.22. The van der Waals surface area contributed by atoms with Gasteiger partial charge in [-0.3, -0.25) is 18.6 Å². The third kappa shape index (κ3) is 3.37. The number of rotatable bonds is 8. The molecule has 3 rings (SSSR count). The number of ketones is 1. The molecule has 0 N–H and O–H groups in total. The fraction of sp³-hybridized carbons (Fsp3) is 0.348. The number of carbonyl (C=O) groups excluding carboxylic acids is 3. The smallest absolute Gasteiger partial charge is 0.325 e. The Labute approximate surface area is 178 Å². The van der Waals surface area contributed by atoms with Crippen molar-refractivity contribution in [1.29, 1.82) is 0 Å². The van der Waals surface area contributed by atoms with Crippen LogP contribution in [-0.4, -0.2) is 39.9 Å². The lowest BCUT2D eigenvalue weighted by Crippen LogP contribution is -2.44. The van der Waals surface area contributed by atoms with E-state index in [0.717, 1.165) is 5.56 Å². The maximum Gasteiger partial charge on any atom is 0.325 e. The molecule has 0 heterocycles. The van der Waals surface area contributed by atoms with Crippen molar-refractivity contribution in [2.45, 2.75) is 36.8 Å². The van der Waals surface area contributed by atoms with E-state index in [-0.39, 0.29) is 25.2 Å². The zero-order valence-corrected chi connectivity index (χ0v) is 18.0. The SMILES string of the molecule is CCOC(=O)C1(C(=O)OCC)C[C@@]1(C(=O)c1ccccc1)[S@@](=O)c1ccc(C)cc1. The van der Waals surface area contributed by atoms with Gasteiger partial charge in [0.25, 0.3) is 0 Å². The van der Waals surface area contributed by atoms with E-state index in [0.29, 0.717) is 4.90 Å². The number of carbonyl (C=O) groups is 3. The molecule has 2 atom stereocenters. The van der Waals surface area contributed by atoms with Crippen molar-refractivity contribution in [3.63, 3.8) is 0 Å². The van der Waals surface area contributed by atoms with Gasteiger partial charge < -0.3 is 9.47 Å². The number of ether oxygens (including phenoxy) is 2. The first-order valence-electron chi connectivity index (χ1n) is 9.78. The van der Waals surface area contributed by atoms with Crippen molar-refractivity contribution >= 4 is 28.5 Å². The summed E-state index contributed by atoms with van der Waals surface area (Å²) >= 11 is 0. The van der Waals surface area contributed by atoms with E-state index < -0.39 is 38.7 Å². The van der Waals surface area contributed by atoms with Crippen LogP contribution in [0.2, 0.25) is 0 Å². The molecule has 1 saturated carbocycles. The average molecular weight is 429 g/mol. The van der Waals surface area contributed by atoms with Gasteiger partial charge in [0.15, 0.2) is 11.2 Å². The molecule has 0 radical (unpaired) electrons. The monoisotopic (exact) mass is 428 g/mol. The molecular weight excluding hydrogens is 404 g/mol. The Bertz CT molecular complexity index is 965. The van der Waals surface area contributed by atoms with Gasteiger partial charge in [0.05, 0.1) is 24.0 Å². The highest BCUT2D eigenvalue weighted by atomic mass is 32.2. The molecule has 2 aromatic rings. The van der Waals surface area contributed by atoms with Gasteiger partial charge in [-0.05, 0) is 32.9 Å². The second-order valence-corrected chi connectivity index (χ2v) is 8.83. The molecule has 6 nitrogen and oxygen atoms in total. The summed E-state index contributed by atoms with van der Waals surface area (Å²) in [6, 6.07) is 15.1. The maximum atomic E-state index is 13.8. The minimum Gasteiger partial charge on any atom is -0.465 e. The molecule has 0 bridgehead atoms. The molecule has 1 aliphatic carbocycles. The zero-order valence-electron chi connectivity index (χ0n) is 17.2. The van der Waals surface area contributed by atoms with Gasteiger partial charge in [-0.15, -0.1) is 0 Å². The van der Waals surface area contributed by atoms with E-state index in [1.165, 1.54) is 0 Å². The van der Waals surface area contributed by atoms with Crippen molar-refractivity contribution in [1.82, 2.24) is 0 Å². The van der Waals surface area contributed by atoms with Gasteiger partial charge in [-0.2, -0.15) is 0 Å². The first kappa shape index (κ1) is 21.9. The van der Waals surface area contributed by atoms with Gasteiger partial charge >= 0.3 is 11.9 Å². The largest absolute Gasteiger partial charge is 0.465 e. The summed E-state index contributed by atoms with van der Waals surface area (Å²) < 4.78 is 22.3. The molecule has 158 valence electrons. The van der Waals surface area contributed by atoms with E-state index in [4.69, 9.17) is 9.47 Å². The lowest BCUT2D eigenvalue weighted by Gasteiger charge is -2.22. The Balaban J connectivity index is 2.18. The maximum absolute atomic E-state index is 13.8. The second kappa shape index (κ2) is 8.52. The molecule has 30 heavy (non-hydrogen) atoms. The molecular formula is C23H24O6S. The van der Waals surface area contributed by atoms with E-state index in [1.807, 2.05) is 6.92 Å². The lowest BCUT2D eigenvalue weighted by molar-refractivity contribution is -0.164. The molecule has 2 aromatic carbocycles.